The number of rotatable bonds is 5. The first-order valence-electron chi connectivity index (χ1n) is 11.3. The highest BCUT2D eigenvalue weighted by Crippen LogP contribution is 2.48. The van der Waals surface area contributed by atoms with Crippen LogP contribution >= 0.6 is 0 Å². The van der Waals surface area contributed by atoms with E-state index in [1.165, 1.54) is 0 Å². The summed E-state index contributed by atoms with van der Waals surface area (Å²) in [5.41, 5.74) is -0.884. The van der Waals surface area contributed by atoms with Crippen LogP contribution in [0.2, 0.25) is 0 Å². The summed E-state index contributed by atoms with van der Waals surface area (Å²) >= 11 is 0. The van der Waals surface area contributed by atoms with E-state index in [9.17, 15) is 14.4 Å². The lowest BCUT2D eigenvalue weighted by atomic mass is 9.69. The van der Waals surface area contributed by atoms with Crippen LogP contribution in [0.25, 0.3) is 0 Å². The van der Waals surface area contributed by atoms with Crippen LogP contribution in [0.3, 0.4) is 0 Å². The molecule has 0 aliphatic carbocycles. The third-order valence-electron chi connectivity index (χ3n) is 7.15. The maximum absolute atomic E-state index is 13.2. The third kappa shape index (κ3) is 3.82. The molecular weight excluding hydrogens is 420 g/mol. The molecule has 0 radical (unpaired) electrons. The summed E-state index contributed by atoms with van der Waals surface area (Å²) in [6.45, 7) is 14.0. The lowest BCUT2D eigenvalue weighted by Gasteiger charge is -2.37. The van der Waals surface area contributed by atoms with Crippen LogP contribution in [0.4, 0.5) is 0 Å². The lowest BCUT2D eigenvalue weighted by Crippen LogP contribution is -2.45. The van der Waals surface area contributed by atoms with E-state index >= 15 is 0 Å². The van der Waals surface area contributed by atoms with E-state index in [-0.39, 0.29) is 17.3 Å². The lowest BCUT2D eigenvalue weighted by molar-refractivity contribution is -0.246. The van der Waals surface area contributed by atoms with Crippen molar-refractivity contribution in [1.29, 1.82) is 0 Å². The van der Waals surface area contributed by atoms with E-state index in [0.717, 1.165) is 0 Å². The Morgan fingerprint density at radius 1 is 1.09 bits per heavy atom. The fraction of sp³-hybridized carbons (Fsp3) is 0.870. The molecule has 180 valence electrons. The minimum absolute atomic E-state index is 0.00450. The van der Waals surface area contributed by atoms with Gasteiger partial charge >= 0.3 is 17.9 Å². The molecule has 4 heterocycles. The minimum Gasteiger partial charge on any atom is -0.465 e. The molecule has 32 heavy (non-hydrogen) atoms. The second-order valence-corrected chi connectivity index (χ2v) is 11.2. The van der Waals surface area contributed by atoms with E-state index in [1.807, 2.05) is 20.8 Å². The van der Waals surface area contributed by atoms with Crippen molar-refractivity contribution in [3.8, 4) is 0 Å². The van der Waals surface area contributed by atoms with Crippen LogP contribution in [-0.2, 0) is 42.8 Å². The Kier molecular flexibility index (Phi) is 5.62. The molecule has 4 aliphatic rings. The molecular formula is C23H34O9. The summed E-state index contributed by atoms with van der Waals surface area (Å²) in [7, 11) is 0. The van der Waals surface area contributed by atoms with Crippen molar-refractivity contribution in [3.05, 3.63) is 0 Å². The topological polar surface area (TPSA) is 107 Å². The number of esters is 3. The van der Waals surface area contributed by atoms with E-state index < -0.39 is 59.8 Å². The highest BCUT2D eigenvalue weighted by Gasteiger charge is 2.67. The average molecular weight is 455 g/mol. The summed E-state index contributed by atoms with van der Waals surface area (Å²) in [5, 5.41) is 0. The van der Waals surface area contributed by atoms with Gasteiger partial charge < -0.3 is 28.4 Å². The van der Waals surface area contributed by atoms with E-state index in [1.54, 1.807) is 6.92 Å². The zero-order valence-electron chi connectivity index (χ0n) is 19.8. The number of hydrogen-bond acceptors (Lipinski definition) is 9. The van der Waals surface area contributed by atoms with E-state index in [0.29, 0.717) is 19.4 Å². The Balaban J connectivity index is 1.46. The van der Waals surface area contributed by atoms with Crippen LogP contribution in [-0.4, -0.2) is 61.0 Å². The molecule has 0 aromatic heterocycles. The fourth-order valence-electron chi connectivity index (χ4n) is 5.23. The molecule has 4 rings (SSSR count). The van der Waals surface area contributed by atoms with Gasteiger partial charge in [-0.25, -0.2) is 4.79 Å². The van der Waals surface area contributed by atoms with Crippen LogP contribution < -0.4 is 0 Å². The molecule has 0 saturated carbocycles. The number of carbonyl (C=O) groups is 3. The maximum atomic E-state index is 13.2. The summed E-state index contributed by atoms with van der Waals surface area (Å²) in [5.74, 6) is -3.30. The second-order valence-electron chi connectivity index (χ2n) is 11.2. The van der Waals surface area contributed by atoms with Gasteiger partial charge in [-0.05, 0) is 31.6 Å². The van der Waals surface area contributed by atoms with Crippen LogP contribution in [0.15, 0.2) is 0 Å². The van der Waals surface area contributed by atoms with Gasteiger partial charge in [-0.15, -0.1) is 0 Å². The van der Waals surface area contributed by atoms with Gasteiger partial charge in [-0.1, -0.05) is 34.6 Å². The zero-order chi connectivity index (χ0) is 23.6. The molecule has 0 aromatic carbocycles. The summed E-state index contributed by atoms with van der Waals surface area (Å²) in [6.07, 6.45) is -3.26. The van der Waals surface area contributed by atoms with Crippen LogP contribution in [0.1, 0.15) is 61.3 Å². The predicted octanol–water partition coefficient (Wildman–Crippen LogP) is 2.34. The van der Waals surface area contributed by atoms with Gasteiger partial charge in [0.2, 0.25) is 6.10 Å². The third-order valence-corrected chi connectivity index (χ3v) is 7.15. The first-order valence-corrected chi connectivity index (χ1v) is 11.3. The quantitative estimate of drug-likeness (QED) is 0.457. The first-order chi connectivity index (χ1) is 14.7. The normalized spacial score (nSPS) is 40.6. The molecule has 8 unspecified atom stereocenters. The van der Waals surface area contributed by atoms with Gasteiger partial charge in [0.15, 0.2) is 24.3 Å². The smallest absolute Gasteiger partial charge is 0.350 e. The molecule has 9 heteroatoms. The van der Waals surface area contributed by atoms with Gasteiger partial charge in [0.05, 0.1) is 12.0 Å². The number of hydrogen-bond donors (Lipinski definition) is 0. The number of carbonyl (C=O) groups excluding carboxylic acids is 3. The molecule has 0 amide bonds. The predicted molar refractivity (Wildman–Crippen MR) is 109 cm³/mol. The highest BCUT2D eigenvalue weighted by molar-refractivity contribution is 5.84. The van der Waals surface area contributed by atoms with E-state index in [2.05, 4.69) is 20.8 Å². The largest absolute Gasteiger partial charge is 0.465 e. The fourth-order valence-corrected chi connectivity index (χ4v) is 5.23. The van der Waals surface area contributed by atoms with Gasteiger partial charge in [0.1, 0.15) is 12.0 Å². The monoisotopic (exact) mass is 454 g/mol. The Morgan fingerprint density at radius 3 is 2.34 bits per heavy atom. The highest BCUT2D eigenvalue weighted by atomic mass is 16.9. The zero-order valence-corrected chi connectivity index (χ0v) is 19.8. The van der Waals surface area contributed by atoms with Crippen LogP contribution in [0.5, 0.6) is 0 Å². The van der Waals surface area contributed by atoms with Gasteiger partial charge in [-0.3, -0.25) is 9.59 Å². The molecule has 9 nitrogen and oxygen atoms in total. The average Bonchev–Trinajstić information content (AvgIpc) is 3.37. The van der Waals surface area contributed by atoms with Crippen molar-refractivity contribution in [2.24, 2.45) is 22.7 Å². The molecule has 0 spiro atoms. The van der Waals surface area contributed by atoms with Gasteiger partial charge in [0, 0.05) is 6.42 Å². The van der Waals surface area contributed by atoms with E-state index in [4.69, 9.17) is 28.4 Å². The number of fused-ring (bicyclic) bond motifs is 3. The van der Waals surface area contributed by atoms with Crippen molar-refractivity contribution < 1.29 is 42.8 Å². The number of cyclic esters (lactones) is 1. The molecule has 4 aliphatic heterocycles. The number of ether oxygens (including phenoxy) is 6. The van der Waals surface area contributed by atoms with Crippen molar-refractivity contribution in [2.45, 2.75) is 97.8 Å². The Morgan fingerprint density at radius 2 is 1.78 bits per heavy atom. The molecule has 0 N–H and O–H groups in total. The standard InChI is InChI=1S/C23H34O9/c1-11(2)22(6,10-21(3,4)5)20(26)30-15-13-14(28-18(15)25)16-19(29-13)32-23(7,31-16)12-8-9-27-17(12)24/h11-16,19H,8-10H2,1-7H3. The summed E-state index contributed by atoms with van der Waals surface area (Å²) in [4.78, 5) is 37.9. The molecule has 4 saturated heterocycles. The Hall–Kier alpha value is -1.71. The summed E-state index contributed by atoms with van der Waals surface area (Å²) < 4.78 is 34.2. The van der Waals surface area contributed by atoms with Crippen molar-refractivity contribution in [2.75, 3.05) is 6.61 Å². The van der Waals surface area contributed by atoms with Crippen molar-refractivity contribution in [3.63, 3.8) is 0 Å². The Labute approximate surface area is 188 Å². The summed E-state index contributed by atoms with van der Waals surface area (Å²) in [6, 6.07) is 0. The first kappa shape index (κ1) is 23.4. The van der Waals surface area contributed by atoms with Gasteiger partial charge in [0.25, 0.3) is 0 Å². The molecule has 0 bridgehead atoms. The molecule has 0 aromatic rings. The van der Waals surface area contributed by atoms with Crippen molar-refractivity contribution in [1.82, 2.24) is 0 Å². The van der Waals surface area contributed by atoms with Crippen LogP contribution in [0, 0.1) is 22.7 Å². The minimum atomic E-state index is -1.22. The molecule has 4 fully saturated rings. The second kappa shape index (κ2) is 7.67. The SMILES string of the molecule is CC(C)C(C)(CC(C)(C)C)C(=O)OC1C(=O)OC2C3OC(C)(C4CCOC4=O)OC3OC12. The maximum Gasteiger partial charge on any atom is 0.350 e. The van der Waals surface area contributed by atoms with Gasteiger partial charge in [-0.2, -0.15) is 0 Å². The van der Waals surface area contributed by atoms with Crippen molar-refractivity contribution >= 4 is 17.9 Å². The molecule has 8 atom stereocenters. The Bertz CT molecular complexity index is 802.